The van der Waals surface area contributed by atoms with Gasteiger partial charge in [0.1, 0.15) is 19.3 Å². The summed E-state index contributed by atoms with van der Waals surface area (Å²) >= 11 is 0. The molecule has 0 rings (SSSR count). The van der Waals surface area contributed by atoms with Crippen LogP contribution in [0.15, 0.2) is 12.2 Å². The topological polar surface area (TPSA) is 91.3 Å². The first kappa shape index (κ1) is 61.2. The van der Waals surface area contributed by atoms with Gasteiger partial charge in [0, 0.05) is 13.0 Å². The van der Waals surface area contributed by atoms with Gasteiger partial charge in [-0.25, -0.2) is 4.57 Å². The number of nitrogens with zero attached hydrogens (tertiary/aromatic N) is 1. The molecule has 2 unspecified atom stereocenters. The highest BCUT2D eigenvalue weighted by atomic mass is 31.2. The number of carbonyl (C=O) groups excluding carboxylic acids is 1. The summed E-state index contributed by atoms with van der Waals surface area (Å²) in [6, 6.07) is 0. The van der Waals surface area contributed by atoms with Crippen LogP contribution in [0.25, 0.3) is 0 Å². The van der Waals surface area contributed by atoms with Gasteiger partial charge in [0.05, 0.1) is 34.4 Å². The van der Waals surface area contributed by atoms with Gasteiger partial charge in [0.15, 0.2) is 0 Å². The largest absolute Gasteiger partial charge is 0.472 e. The van der Waals surface area contributed by atoms with Crippen molar-refractivity contribution in [2.75, 3.05) is 54.1 Å². The normalized spacial score (nSPS) is 13.6. The van der Waals surface area contributed by atoms with E-state index in [9.17, 15) is 14.3 Å². The van der Waals surface area contributed by atoms with Gasteiger partial charge >= 0.3 is 13.8 Å². The number of allylic oxidation sites excluding steroid dienone is 2. The summed E-state index contributed by atoms with van der Waals surface area (Å²) in [5.41, 5.74) is 0. The van der Waals surface area contributed by atoms with Crippen molar-refractivity contribution in [1.82, 2.24) is 0 Å². The van der Waals surface area contributed by atoms with E-state index in [1.54, 1.807) is 0 Å². The van der Waals surface area contributed by atoms with Crippen molar-refractivity contribution in [3.05, 3.63) is 12.2 Å². The molecule has 0 amide bonds. The van der Waals surface area contributed by atoms with Crippen LogP contribution < -0.4 is 0 Å². The number of quaternary nitrogens is 1. The summed E-state index contributed by atoms with van der Waals surface area (Å²) in [5, 5.41) is 0. The van der Waals surface area contributed by atoms with E-state index in [-0.39, 0.29) is 25.8 Å². The standard InChI is InChI=1S/C53H106NO7P/c1-6-8-10-12-14-16-18-20-22-23-24-25-26-27-28-29-30-31-32-33-35-37-39-41-43-45-48-58-50-52(51-60-62(56,57)59-49-47-54(3,4)5)61-53(55)46-44-42-40-38-36-34-21-19-17-15-13-11-9-7-2/h23-24,52H,6-22,25-51H2,1-5H3/p+1/b24-23-. The van der Waals surface area contributed by atoms with E-state index < -0.39 is 13.9 Å². The molecule has 8 nitrogen and oxygen atoms in total. The highest BCUT2D eigenvalue weighted by Crippen LogP contribution is 2.43. The lowest BCUT2D eigenvalue weighted by molar-refractivity contribution is -0.870. The molecule has 0 aliphatic heterocycles. The number of ether oxygens (including phenoxy) is 2. The molecule has 0 aromatic carbocycles. The maximum atomic E-state index is 12.7. The third-order valence-corrected chi connectivity index (χ3v) is 13.1. The monoisotopic (exact) mass is 901 g/mol. The molecular weight excluding hydrogens is 794 g/mol. The maximum Gasteiger partial charge on any atom is 0.472 e. The van der Waals surface area contributed by atoms with E-state index in [0.29, 0.717) is 24.1 Å². The Kier molecular flexibility index (Phi) is 46.2. The Labute approximate surface area is 386 Å². The number of hydrogen-bond acceptors (Lipinski definition) is 6. The predicted octanol–water partition coefficient (Wildman–Crippen LogP) is 16.6. The SMILES string of the molecule is CCCCCCCCCC/C=C\CCCCCCCCCCCCCCCCOCC(COP(=O)(O)OCC[N+](C)(C)C)OC(=O)CCCCCCCCCCCCCCCC. The number of likely N-dealkylation sites (N-methyl/N-ethyl adjacent to an activating group) is 1. The van der Waals surface area contributed by atoms with Crippen LogP contribution in [0.2, 0.25) is 0 Å². The number of rotatable bonds is 51. The summed E-state index contributed by atoms with van der Waals surface area (Å²) < 4.78 is 35.2. The fourth-order valence-electron chi connectivity index (χ4n) is 7.90. The Morgan fingerprint density at radius 3 is 1.23 bits per heavy atom. The van der Waals surface area contributed by atoms with Gasteiger partial charge in [0.2, 0.25) is 0 Å². The van der Waals surface area contributed by atoms with Crippen LogP contribution in [-0.4, -0.2) is 75.6 Å². The van der Waals surface area contributed by atoms with Gasteiger partial charge < -0.3 is 18.9 Å². The van der Waals surface area contributed by atoms with Crippen molar-refractivity contribution >= 4 is 13.8 Å². The van der Waals surface area contributed by atoms with Crippen LogP contribution in [-0.2, 0) is 27.9 Å². The zero-order valence-electron chi connectivity index (χ0n) is 42.1. The zero-order chi connectivity index (χ0) is 45.5. The van der Waals surface area contributed by atoms with Crippen LogP contribution in [0.4, 0.5) is 0 Å². The van der Waals surface area contributed by atoms with E-state index in [2.05, 4.69) is 26.0 Å². The Morgan fingerprint density at radius 1 is 0.484 bits per heavy atom. The molecule has 0 saturated carbocycles. The molecule has 0 aliphatic carbocycles. The second-order valence-corrected chi connectivity index (χ2v) is 21.1. The van der Waals surface area contributed by atoms with Gasteiger partial charge in [0.25, 0.3) is 0 Å². The zero-order valence-corrected chi connectivity index (χ0v) is 43.0. The molecule has 0 heterocycles. The molecule has 1 N–H and O–H groups in total. The molecule has 0 aromatic rings. The average molecular weight is 901 g/mol. The van der Waals surface area contributed by atoms with E-state index in [4.69, 9.17) is 18.5 Å². The lowest BCUT2D eigenvalue weighted by Gasteiger charge is -2.24. The summed E-state index contributed by atoms with van der Waals surface area (Å²) in [5.74, 6) is -0.307. The van der Waals surface area contributed by atoms with E-state index in [1.807, 2.05) is 21.1 Å². The molecule has 370 valence electrons. The molecule has 0 radical (unpaired) electrons. The molecule has 2 atom stereocenters. The number of hydrogen-bond donors (Lipinski definition) is 1. The van der Waals surface area contributed by atoms with Gasteiger partial charge in [-0.05, 0) is 38.5 Å². The van der Waals surface area contributed by atoms with Crippen LogP contribution in [0.1, 0.15) is 264 Å². The van der Waals surface area contributed by atoms with Crippen LogP contribution in [0.5, 0.6) is 0 Å². The lowest BCUT2D eigenvalue weighted by Crippen LogP contribution is -2.37. The third-order valence-electron chi connectivity index (χ3n) is 12.1. The molecule has 0 bridgehead atoms. The third kappa shape index (κ3) is 50.2. The van der Waals surface area contributed by atoms with Crippen LogP contribution in [0.3, 0.4) is 0 Å². The van der Waals surface area contributed by atoms with Crippen molar-refractivity contribution in [2.45, 2.75) is 270 Å². The van der Waals surface area contributed by atoms with Crippen molar-refractivity contribution in [3.8, 4) is 0 Å². The first-order valence-electron chi connectivity index (χ1n) is 26.9. The summed E-state index contributed by atoms with van der Waals surface area (Å²) in [6.07, 6.45) is 54.1. The summed E-state index contributed by atoms with van der Waals surface area (Å²) in [7, 11) is 1.69. The number of unbranched alkanes of at least 4 members (excludes halogenated alkanes) is 35. The van der Waals surface area contributed by atoms with E-state index >= 15 is 0 Å². The minimum Gasteiger partial charge on any atom is -0.457 e. The van der Waals surface area contributed by atoms with Crippen molar-refractivity contribution in [3.63, 3.8) is 0 Å². The first-order chi connectivity index (χ1) is 30.1. The predicted molar refractivity (Wildman–Crippen MR) is 266 cm³/mol. The molecule has 0 spiro atoms. The second kappa shape index (κ2) is 46.8. The Bertz CT molecular complexity index is 1000. The Morgan fingerprint density at radius 2 is 0.839 bits per heavy atom. The lowest BCUT2D eigenvalue weighted by atomic mass is 10.0. The smallest absolute Gasteiger partial charge is 0.457 e. The molecule has 62 heavy (non-hydrogen) atoms. The van der Waals surface area contributed by atoms with E-state index in [0.717, 1.165) is 32.1 Å². The van der Waals surface area contributed by atoms with Crippen LogP contribution >= 0.6 is 7.82 Å². The molecule has 0 aliphatic rings. The number of phosphoric ester groups is 1. The summed E-state index contributed by atoms with van der Waals surface area (Å²) in [6.45, 7) is 5.68. The molecule has 0 aromatic heterocycles. The van der Waals surface area contributed by atoms with Gasteiger partial charge in [-0.1, -0.05) is 231 Å². The van der Waals surface area contributed by atoms with Gasteiger partial charge in [-0.3, -0.25) is 13.8 Å². The molecule has 0 fully saturated rings. The highest BCUT2D eigenvalue weighted by molar-refractivity contribution is 7.47. The minimum atomic E-state index is -4.27. The maximum absolute atomic E-state index is 12.7. The Hall–Kier alpha value is -0.760. The minimum absolute atomic E-state index is 0.0927. The number of carbonyl (C=O) groups is 1. The number of esters is 1. The van der Waals surface area contributed by atoms with E-state index in [1.165, 1.54) is 212 Å². The van der Waals surface area contributed by atoms with Crippen molar-refractivity contribution in [2.24, 2.45) is 0 Å². The molecule has 9 heteroatoms. The van der Waals surface area contributed by atoms with Crippen molar-refractivity contribution in [1.29, 1.82) is 0 Å². The van der Waals surface area contributed by atoms with Gasteiger partial charge in [-0.2, -0.15) is 0 Å². The molecular formula is C53H107NO7P+. The second-order valence-electron chi connectivity index (χ2n) is 19.6. The van der Waals surface area contributed by atoms with Gasteiger partial charge in [-0.15, -0.1) is 0 Å². The Balaban J connectivity index is 4.00. The van der Waals surface area contributed by atoms with Crippen molar-refractivity contribution < 1.29 is 37.3 Å². The van der Waals surface area contributed by atoms with Crippen LogP contribution in [0, 0.1) is 0 Å². The summed E-state index contributed by atoms with van der Waals surface area (Å²) in [4.78, 5) is 23.0. The highest BCUT2D eigenvalue weighted by Gasteiger charge is 2.26. The fourth-order valence-corrected chi connectivity index (χ4v) is 8.65. The molecule has 0 saturated heterocycles. The fraction of sp³-hybridized carbons (Fsp3) is 0.943. The number of phosphoric acid groups is 1. The first-order valence-corrected chi connectivity index (χ1v) is 28.4. The average Bonchev–Trinajstić information content (AvgIpc) is 3.23. The quantitative estimate of drug-likeness (QED) is 0.0214.